The standard InChI is InChI=1S/C24H29BrN4OS/c1-24(2)16-26-23(31-24)28-11-9-27(10-12-28)14-18(30)15-29-21-6-4-3-5-19(21)20-13-17(25)7-8-22(20)29/h3-8,13,18,30H,9-12,14-16H2,1-2H3/p+1/t18-/m0/s1. The van der Waals surface area contributed by atoms with Crippen molar-refractivity contribution >= 4 is 54.7 Å². The fourth-order valence-corrected chi connectivity index (χ4v) is 6.21. The lowest BCUT2D eigenvalue weighted by atomic mass is 10.2. The first-order chi connectivity index (χ1) is 14.9. The third kappa shape index (κ3) is 4.38. The van der Waals surface area contributed by atoms with Crippen molar-refractivity contribution in [1.82, 2.24) is 9.47 Å². The van der Waals surface area contributed by atoms with Gasteiger partial charge in [-0.15, -0.1) is 0 Å². The number of hydrogen-bond donors (Lipinski definition) is 2. The first kappa shape index (κ1) is 21.3. The molecule has 2 aromatic carbocycles. The van der Waals surface area contributed by atoms with Crippen LogP contribution in [0.1, 0.15) is 13.8 Å². The number of aliphatic hydroxyl groups excluding tert-OH is 1. The number of aliphatic imine (C=N–C) groups is 1. The zero-order valence-electron chi connectivity index (χ0n) is 18.1. The maximum absolute atomic E-state index is 11.0. The normalized spacial score (nSPS) is 20.5. The molecule has 3 aromatic rings. The molecule has 5 nitrogen and oxygen atoms in total. The molecule has 1 saturated heterocycles. The molecular weight excluding hydrogens is 472 g/mol. The molecule has 7 heteroatoms. The molecule has 5 rings (SSSR count). The lowest BCUT2D eigenvalue weighted by molar-refractivity contribution is -0.907. The van der Waals surface area contributed by atoms with Gasteiger partial charge in [0.25, 0.3) is 0 Å². The maximum atomic E-state index is 11.0. The van der Waals surface area contributed by atoms with Crippen LogP contribution in [0.5, 0.6) is 0 Å². The van der Waals surface area contributed by atoms with E-state index < -0.39 is 0 Å². The van der Waals surface area contributed by atoms with Gasteiger partial charge in [0.15, 0.2) is 5.17 Å². The maximum Gasteiger partial charge on any atom is 0.160 e. The second-order valence-electron chi connectivity index (χ2n) is 9.34. The summed E-state index contributed by atoms with van der Waals surface area (Å²) in [5.74, 6) is 0. The fraction of sp³-hybridized carbons (Fsp3) is 0.458. The van der Waals surface area contributed by atoms with E-state index in [-0.39, 0.29) is 10.9 Å². The van der Waals surface area contributed by atoms with Gasteiger partial charge in [0.1, 0.15) is 12.6 Å². The van der Waals surface area contributed by atoms with Crippen LogP contribution in [0.25, 0.3) is 21.8 Å². The van der Waals surface area contributed by atoms with Crippen molar-refractivity contribution in [3.05, 3.63) is 46.9 Å². The molecule has 0 radical (unpaired) electrons. The first-order valence-corrected chi connectivity index (χ1v) is 12.7. The molecule has 164 valence electrons. The Morgan fingerprint density at radius 3 is 2.61 bits per heavy atom. The molecule has 0 bridgehead atoms. The number of halogens is 1. The van der Waals surface area contributed by atoms with E-state index in [0.29, 0.717) is 6.54 Å². The van der Waals surface area contributed by atoms with E-state index in [1.165, 1.54) is 31.9 Å². The highest BCUT2D eigenvalue weighted by Gasteiger charge is 2.32. The molecule has 0 saturated carbocycles. The summed E-state index contributed by atoms with van der Waals surface area (Å²) in [4.78, 5) is 8.66. The second kappa shape index (κ2) is 8.43. The number of benzene rings is 2. The monoisotopic (exact) mass is 501 g/mol. The van der Waals surface area contributed by atoms with E-state index in [4.69, 9.17) is 4.99 Å². The van der Waals surface area contributed by atoms with Crippen LogP contribution in [0, 0.1) is 0 Å². The van der Waals surface area contributed by atoms with Crippen molar-refractivity contribution in [2.24, 2.45) is 4.99 Å². The lowest BCUT2D eigenvalue weighted by Crippen LogP contribution is -3.15. The Hall–Kier alpha value is -1.54. The van der Waals surface area contributed by atoms with Crippen LogP contribution in [0.3, 0.4) is 0 Å². The minimum atomic E-state index is -0.374. The number of rotatable bonds is 4. The van der Waals surface area contributed by atoms with E-state index >= 15 is 0 Å². The Balaban J connectivity index is 1.25. The average Bonchev–Trinajstić information content (AvgIpc) is 3.26. The third-order valence-electron chi connectivity index (χ3n) is 6.36. The van der Waals surface area contributed by atoms with Gasteiger partial charge in [-0.2, -0.15) is 0 Å². The summed E-state index contributed by atoms with van der Waals surface area (Å²) in [7, 11) is 0. The van der Waals surface area contributed by atoms with Gasteiger partial charge in [-0.1, -0.05) is 45.9 Å². The summed E-state index contributed by atoms with van der Waals surface area (Å²) in [6.07, 6.45) is -0.374. The molecular formula is C24H30BrN4OS+. The predicted molar refractivity (Wildman–Crippen MR) is 134 cm³/mol. The van der Waals surface area contributed by atoms with Gasteiger partial charge in [0.2, 0.25) is 0 Å². The van der Waals surface area contributed by atoms with Crippen molar-refractivity contribution < 1.29 is 10.0 Å². The summed E-state index contributed by atoms with van der Waals surface area (Å²) in [5, 5.41) is 14.7. The zero-order chi connectivity index (χ0) is 21.6. The topological polar surface area (TPSA) is 45.2 Å². The van der Waals surface area contributed by atoms with Crippen LogP contribution in [0.4, 0.5) is 0 Å². The van der Waals surface area contributed by atoms with Crippen molar-refractivity contribution in [2.45, 2.75) is 31.2 Å². The van der Waals surface area contributed by atoms with Crippen LogP contribution in [-0.2, 0) is 6.54 Å². The number of fused-ring (bicyclic) bond motifs is 3. The van der Waals surface area contributed by atoms with Crippen LogP contribution in [0.2, 0.25) is 0 Å². The summed E-state index contributed by atoms with van der Waals surface area (Å²) in [6.45, 7) is 11.0. The Labute approximate surface area is 196 Å². The molecule has 2 aliphatic heterocycles. The summed E-state index contributed by atoms with van der Waals surface area (Å²) < 4.78 is 3.59. The van der Waals surface area contributed by atoms with Gasteiger partial charge in [-0.05, 0) is 38.1 Å². The molecule has 31 heavy (non-hydrogen) atoms. The number of hydrogen-bond acceptors (Lipinski definition) is 4. The number of nitrogens with one attached hydrogen (secondary N) is 1. The summed E-state index contributed by atoms with van der Waals surface area (Å²) in [6, 6.07) is 14.9. The van der Waals surface area contributed by atoms with Gasteiger partial charge < -0.3 is 19.5 Å². The number of piperazine rings is 1. The minimum absolute atomic E-state index is 0.230. The van der Waals surface area contributed by atoms with Crippen LogP contribution in [-0.4, -0.2) is 69.9 Å². The second-order valence-corrected chi connectivity index (χ2v) is 11.9. The van der Waals surface area contributed by atoms with Gasteiger partial charge >= 0.3 is 0 Å². The van der Waals surface area contributed by atoms with Gasteiger partial charge in [-0.3, -0.25) is 4.99 Å². The minimum Gasteiger partial charge on any atom is -0.385 e. The fourth-order valence-electron chi connectivity index (χ4n) is 4.78. The predicted octanol–water partition coefficient (Wildman–Crippen LogP) is 3.00. The van der Waals surface area contributed by atoms with Crippen molar-refractivity contribution in [1.29, 1.82) is 0 Å². The van der Waals surface area contributed by atoms with Crippen LogP contribution in [0.15, 0.2) is 51.9 Å². The Morgan fingerprint density at radius 2 is 1.87 bits per heavy atom. The molecule has 0 aliphatic carbocycles. The number of para-hydroxylation sites is 1. The van der Waals surface area contributed by atoms with Crippen molar-refractivity contribution in [3.8, 4) is 0 Å². The van der Waals surface area contributed by atoms with Crippen molar-refractivity contribution in [2.75, 3.05) is 39.3 Å². The number of aliphatic hydroxyl groups is 1. The molecule has 1 aromatic heterocycles. The quantitative estimate of drug-likeness (QED) is 0.577. The number of aromatic nitrogens is 1. The number of thioether (sulfide) groups is 1. The van der Waals surface area contributed by atoms with Gasteiger partial charge in [0, 0.05) is 31.0 Å². The molecule has 0 unspecified atom stereocenters. The SMILES string of the molecule is CC1(C)CN=C(N2CC[NH+](C[C@H](O)Cn3c4ccccc4c4cc(Br)ccc43)CC2)S1. The van der Waals surface area contributed by atoms with E-state index in [2.05, 4.69) is 81.7 Å². The smallest absolute Gasteiger partial charge is 0.160 e. The average molecular weight is 503 g/mol. The third-order valence-corrected chi connectivity index (χ3v) is 8.10. The highest BCUT2D eigenvalue weighted by molar-refractivity contribution is 9.10. The molecule has 1 fully saturated rings. The highest BCUT2D eigenvalue weighted by atomic mass is 79.9. The van der Waals surface area contributed by atoms with E-state index in [9.17, 15) is 5.11 Å². The van der Waals surface area contributed by atoms with Crippen LogP contribution < -0.4 is 4.90 Å². The molecule has 2 N–H and O–H groups in total. The summed E-state index contributed by atoms with van der Waals surface area (Å²) in [5.41, 5.74) is 2.37. The number of nitrogens with zero attached hydrogens (tertiary/aromatic N) is 3. The summed E-state index contributed by atoms with van der Waals surface area (Å²) >= 11 is 5.51. The molecule has 0 spiro atoms. The van der Waals surface area contributed by atoms with Crippen LogP contribution >= 0.6 is 27.7 Å². The van der Waals surface area contributed by atoms with Crippen molar-refractivity contribution in [3.63, 3.8) is 0 Å². The number of quaternary nitrogens is 1. The van der Waals surface area contributed by atoms with E-state index in [1.54, 1.807) is 0 Å². The molecule has 1 atom stereocenters. The van der Waals surface area contributed by atoms with E-state index in [0.717, 1.165) is 43.7 Å². The van der Waals surface area contributed by atoms with Gasteiger partial charge in [-0.25, -0.2) is 0 Å². The number of amidine groups is 1. The Morgan fingerprint density at radius 1 is 1.13 bits per heavy atom. The molecule has 3 heterocycles. The lowest BCUT2D eigenvalue weighted by Gasteiger charge is -2.34. The Kier molecular flexibility index (Phi) is 5.79. The molecule has 0 amide bonds. The Bertz CT molecular complexity index is 1130. The van der Waals surface area contributed by atoms with Gasteiger partial charge in [0.05, 0.1) is 39.3 Å². The largest absolute Gasteiger partial charge is 0.385 e. The zero-order valence-corrected chi connectivity index (χ0v) is 20.5. The highest BCUT2D eigenvalue weighted by Crippen LogP contribution is 2.33. The van der Waals surface area contributed by atoms with E-state index in [1.807, 2.05) is 11.8 Å². The molecule has 2 aliphatic rings. The first-order valence-electron chi connectivity index (χ1n) is 11.1.